The monoisotopic (exact) mass is 371 g/mol. The molecule has 2 aromatic carbocycles. The van der Waals surface area contributed by atoms with E-state index < -0.39 is 0 Å². The first-order valence-electron chi connectivity index (χ1n) is 5.37. The molecule has 3 N–H and O–H groups in total. The van der Waals surface area contributed by atoms with Crippen molar-refractivity contribution >= 4 is 37.5 Å². The Labute approximate surface area is 124 Å². The van der Waals surface area contributed by atoms with E-state index in [1.54, 1.807) is 6.07 Å². The first kappa shape index (κ1) is 15.1. The molecule has 18 heavy (non-hydrogen) atoms. The van der Waals surface area contributed by atoms with Crippen molar-refractivity contribution in [2.24, 2.45) is 0 Å². The van der Waals surface area contributed by atoms with Crippen molar-refractivity contribution in [3.8, 4) is 5.75 Å². The first-order valence-corrected chi connectivity index (χ1v) is 6.95. The molecule has 0 bridgehead atoms. The maximum absolute atomic E-state index is 9.05. The maximum atomic E-state index is 9.05. The lowest BCUT2D eigenvalue weighted by atomic mass is 10.2. The largest absolute Gasteiger partial charge is 0.507 e. The van der Waals surface area contributed by atoms with E-state index in [9.17, 15) is 0 Å². The quantitative estimate of drug-likeness (QED) is 0.652. The Hall–Kier alpha value is -1.00. The number of nitrogen functional groups attached to an aromatic ring is 1. The molecule has 0 saturated heterocycles. The fourth-order valence-electron chi connectivity index (χ4n) is 1.29. The van der Waals surface area contributed by atoms with Gasteiger partial charge in [-0.25, -0.2) is 0 Å². The Kier molecular flexibility index (Phi) is 5.69. The van der Waals surface area contributed by atoms with E-state index in [4.69, 9.17) is 10.8 Å². The third kappa shape index (κ3) is 4.70. The molecule has 0 aromatic heterocycles. The average molecular weight is 373 g/mol. The van der Waals surface area contributed by atoms with Crippen molar-refractivity contribution in [3.05, 3.63) is 56.5 Å². The summed E-state index contributed by atoms with van der Waals surface area (Å²) in [5.41, 5.74) is 8.63. The van der Waals surface area contributed by atoms with Crippen LogP contribution in [-0.2, 0) is 0 Å². The zero-order valence-electron chi connectivity index (χ0n) is 10.2. The molecule has 2 aromatic rings. The molecule has 2 rings (SSSR count). The highest BCUT2D eigenvalue weighted by Crippen LogP contribution is 2.23. The number of halogens is 2. The standard InChI is InChI=1S/C7H8BrN.C7H7BrO/c2*1-5-2-3-6(8)7(9)4-5/h2-4H,9H2,1H3;2-4,9H,1H3. The van der Waals surface area contributed by atoms with Crippen molar-refractivity contribution in [1.29, 1.82) is 0 Å². The Morgan fingerprint density at radius 1 is 0.889 bits per heavy atom. The number of nitrogens with two attached hydrogens (primary N) is 1. The highest BCUT2D eigenvalue weighted by molar-refractivity contribution is 9.11. The zero-order valence-corrected chi connectivity index (χ0v) is 13.4. The molecule has 0 fully saturated rings. The number of anilines is 1. The minimum absolute atomic E-state index is 0.301. The normalized spacial score (nSPS) is 9.56. The molecular formula is C14H15Br2NO. The van der Waals surface area contributed by atoms with Crippen LogP contribution in [0.3, 0.4) is 0 Å². The molecular weight excluding hydrogens is 358 g/mol. The zero-order chi connectivity index (χ0) is 13.7. The van der Waals surface area contributed by atoms with E-state index in [-0.39, 0.29) is 0 Å². The number of aromatic hydroxyl groups is 1. The Bertz CT molecular complexity index is 492. The number of hydrogen-bond donors (Lipinski definition) is 2. The van der Waals surface area contributed by atoms with Gasteiger partial charge in [-0.3, -0.25) is 0 Å². The average Bonchev–Trinajstić information content (AvgIpc) is 2.30. The Balaban J connectivity index is 0.000000180. The summed E-state index contributed by atoms with van der Waals surface area (Å²) in [6.45, 7) is 3.95. The summed E-state index contributed by atoms with van der Waals surface area (Å²) < 4.78 is 1.71. The summed E-state index contributed by atoms with van der Waals surface area (Å²) in [6, 6.07) is 11.4. The van der Waals surface area contributed by atoms with Crippen molar-refractivity contribution < 1.29 is 5.11 Å². The number of phenolic OH excluding ortho intramolecular Hbond substituents is 1. The predicted molar refractivity (Wildman–Crippen MR) is 83.8 cm³/mol. The maximum Gasteiger partial charge on any atom is 0.130 e. The molecule has 0 aliphatic heterocycles. The van der Waals surface area contributed by atoms with E-state index in [0.29, 0.717) is 5.75 Å². The molecule has 4 heteroatoms. The van der Waals surface area contributed by atoms with Crippen LogP contribution in [0, 0.1) is 13.8 Å². The second-order valence-corrected chi connectivity index (χ2v) is 5.69. The van der Waals surface area contributed by atoms with Crippen molar-refractivity contribution in [2.75, 3.05) is 5.73 Å². The molecule has 0 aliphatic carbocycles. The van der Waals surface area contributed by atoms with Crippen LogP contribution >= 0.6 is 31.9 Å². The summed E-state index contributed by atoms with van der Waals surface area (Å²) in [7, 11) is 0. The molecule has 0 atom stereocenters. The van der Waals surface area contributed by atoms with Crippen LogP contribution in [0.15, 0.2) is 45.3 Å². The second kappa shape index (κ2) is 6.81. The highest BCUT2D eigenvalue weighted by atomic mass is 79.9. The van der Waals surface area contributed by atoms with E-state index >= 15 is 0 Å². The topological polar surface area (TPSA) is 46.2 Å². The van der Waals surface area contributed by atoms with Crippen molar-refractivity contribution in [1.82, 2.24) is 0 Å². The molecule has 0 saturated carbocycles. The first-order chi connectivity index (χ1) is 8.40. The summed E-state index contributed by atoms with van der Waals surface area (Å²) in [6.07, 6.45) is 0. The molecule has 0 unspecified atom stereocenters. The number of benzene rings is 2. The number of rotatable bonds is 0. The predicted octanol–water partition coefficient (Wildman–Crippen LogP) is 4.80. The van der Waals surface area contributed by atoms with Gasteiger partial charge in [-0.2, -0.15) is 0 Å². The highest BCUT2D eigenvalue weighted by Gasteiger charge is 1.93. The van der Waals surface area contributed by atoms with Gasteiger partial charge < -0.3 is 10.8 Å². The summed E-state index contributed by atoms with van der Waals surface area (Å²) in [5, 5.41) is 9.05. The van der Waals surface area contributed by atoms with Crippen LogP contribution in [0.25, 0.3) is 0 Å². The van der Waals surface area contributed by atoms with Gasteiger partial charge in [0.2, 0.25) is 0 Å². The summed E-state index contributed by atoms with van der Waals surface area (Å²) in [5.74, 6) is 0.301. The van der Waals surface area contributed by atoms with Gasteiger partial charge in [0.25, 0.3) is 0 Å². The molecule has 0 spiro atoms. The lowest BCUT2D eigenvalue weighted by Gasteiger charge is -1.96. The van der Waals surface area contributed by atoms with Crippen LogP contribution in [0.1, 0.15) is 11.1 Å². The molecule has 0 radical (unpaired) electrons. The van der Waals surface area contributed by atoms with Crippen LogP contribution in [0.5, 0.6) is 5.75 Å². The summed E-state index contributed by atoms with van der Waals surface area (Å²) in [4.78, 5) is 0. The molecule has 0 heterocycles. The molecule has 2 nitrogen and oxygen atoms in total. The Morgan fingerprint density at radius 2 is 1.39 bits per heavy atom. The fourth-order valence-corrected chi connectivity index (χ4v) is 1.78. The SMILES string of the molecule is Cc1ccc(Br)c(N)c1.Cc1ccc(Br)c(O)c1. The van der Waals surface area contributed by atoms with Crippen molar-refractivity contribution in [3.63, 3.8) is 0 Å². The van der Waals surface area contributed by atoms with Crippen LogP contribution < -0.4 is 5.73 Å². The smallest absolute Gasteiger partial charge is 0.130 e. The van der Waals surface area contributed by atoms with Crippen LogP contribution in [0.4, 0.5) is 5.69 Å². The van der Waals surface area contributed by atoms with Crippen LogP contribution in [0.2, 0.25) is 0 Å². The lowest BCUT2D eigenvalue weighted by molar-refractivity contribution is 0.471. The Morgan fingerprint density at radius 3 is 1.78 bits per heavy atom. The van der Waals surface area contributed by atoms with Gasteiger partial charge in [-0.15, -0.1) is 0 Å². The molecule has 0 amide bonds. The van der Waals surface area contributed by atoms with Gasteiger partial charge in [0.1, 0.15) is 5.75 Å². The third-order valence-electron chi connectivity index (χ3n) is 2.25. The number of phenols is 1. The van der Waals surface area contributed by atoms with E-state index in [1.807, 2.05) is 44.2 Å². The van der Waals surface area contributed by atoms with E-state index in [2.05, 4.69) is 31.9 Å². The van der Waals surface area contributed by atoms with Gasteiger partial charge in [-0.05, 0) is 81.1 Å². The number of hydrogen-bond acceptors (Lipinski definition) is 2. The fraction of sp³-hybridized carbons (Fsp3) is 0.143. The van der Waals surface area contributed by atoms with Gasteiger partial charge >= 0.3 is 0 Å². The molecule has 0 aliphatic rings. The van der Waals surface area contributed by atoms with Crippen molar-refractivity contribution in [2.45, 2.75) is 13.8 Å². The molecule has 96 valence electrons. The second-order valence-electron chi connectivity index (χ2n) is 3.98. The van der Waals surface area contributed by atoms with E-state index in [1.165, 1.54) is 5.56 Å². The number of aryl methyl sites for hydroxylation is 2. The third-order valence-corrected chi connectivity index (χ3v) is 3.65. The van der Waals surface area contributed by atoms with E-state index in [0.717, 1.165) is 20.2 Å². The van der Waals surface area contributed by atoms with Gasteiger partial charge in [0, 0.05) is 10.2 Å². The van der Waals surface area contributed by atoms with Gasteiger partial charge in [-0.1, -0.05) is 12.1 Å². The lowest BCUT2D eigenvalue weighted by Crippen LogP contribution is -1.85. The minimum atomic E-state index is 0.301. The summed E-state index contributed by atoms with van der Waals surface area (Å²) >= 11 is 6.48. The van der Waals surface area contributed by atoms with Gasteiger partial charge in [0.15, 0.2) is 0 Å². The van der Waals surface area contributed by atoms with Gasteiger partial charge in [0.05, 0.1) is 4.47 Å². The van der Waals surface area contributed by atoms with Crippen LogP contribution in [-0.4, -0.2) is 5.11 Å². The minimum Gasteiger partial charge on any atom is -0.507 e.